The molecule has 1 aromatic carbocycles. The fraction of sp³-hybridized carbons (Fsp3) is 0.571. The maximum Gasteiger partial charge on any atom is 0.243 e. The normalized spacial score (nSPS) is 15.9. The molecule has 2 N–H and O–H groups in total. The average molecular weight is 282 g/mol. The molecule has 1 aromatic rings. The van der Waals surface area contributed by atoms with Crippen LogP contribution in [0.3, 0.4) is 0 Å². The van der Waals surface area contributed by atoms with Crippen molar-refractivity contribution in [2.24, 2.45) is 5.73 Å². The van der Waals surface area contributed by atoms with Crippen LogP contribution in [0.2, 0.25) is 0 Å². The molecule has 0 heterocycles. The van der Waals surface area contributed by atoms with Crippen LogP contribution < -0.4 is 5.73 Å². The van der Waals surface area contributed by atoms with Crippen molar-refractivity contribution in [3.8, 4) is 0 Å². The highest BCUT2D eigenvalue weighted by Gasteiger charge is 2.38. The molecule has 1 saturated carbocycles. The zero-order valence-electron chi connectivity index (χ0n) is 11.4. The molecule has 1 aliphatic carbocycles. The first-order valence-corrected chi connectivity index (χ1v) is 8.35. The van der Waals surface area contributed by atoms with Gasteiger partial charge < -0.3 is 5.73 Å². The minimum Gasteiger partial charge on any atom is -0.326 e. The molecule has 1 aliphatic rings. The summed E-state index contributed by atoms with van der Waals surface area (Å²) < 4.78 is 27.2. The second kappa shape index (κ2) is 6.03. The van der Waals surface area contributed by atoms with E-state index in [1.165, 1.54) is 0 Å². The van der Waals surface area contributed by atoms with Crippen LogP contribution in [0.15, 0.2) is 29.2 Å². The zero-order valence-corrected chi connectivity index (χ0v) is 12.2. The van der Waals surface area contributed by atoms with E-state index >= 15 is 0 Å². The monoisotopic (exact) mass is 282 g/mol. The van der Waals surface area contributed by atoms with Crippen LogP contribution >= 0.6 is 0 Å². The van der Waals surface area contributed by atoms with E-state index in [9.17, 15) is 8.42 Å². The van der Waals surface area contributed by atoms with Gasteiger partial charge in [-0.25, -0.2) is 8.42 Å². The van der Waals surface area contributed by atoms with E-state index in [4.69, 9.17) is 5.73 Å². The summed E-state index contributed by atoms with van der Waals surface area (Å²) in [5.41, 5.74) is 6.36. The van der Waals surface area contributed by atoms with Crippen molar-refractivity contribution in [2.75, 3.05) is 6.54 Å². The fourth-order valence-corrected chi connectivity index (χ4v) is 4.18. The summed E-state index contributed by atoms with van der Waals surface area (Å²) in [6, 6.07) is 7.24. The molecule has 5 heteroatoms. The van der Waals surface area contributed by atoms with Gasteiger partial charge in [-0.2, -0.15) is 4.31 Å². The lowest BCUT2D eigenvalue weighted by Crippen LogP contribution is -2.34. The number of unbranched alkanes of at least 4 members (excludes halogenated alkanes) is 1. The molecule has 0 aromatic heterocycles. The summed E-state index contributed by atoms with van der Waals surface area (Å²) in [6.07, 6.45) is 3.86. The van der Waals surface area contributed by atoms with Crippen molar-refractivity contribution in [3.05, 3.63) is 29.8 Å². The molecular weight excluding hydrogens is 260 g/mol. The van der Waals surface area contributed by atoms with Crippen LogP contribution in [0.5, 0.6) is 0 Å². The van der Waals surface area contributed by atoms with Gasteiger partial charge in [-0.1, -0.05) is 31.5 Å². The van der Waals surface area contributed by atoms with Crippen molar-refractivity contribution in [3.63, 3.8) is 0 Å². The number of nitrogens with two attached hydrogens (primary N) is 1. The molecule has 0 unspecified atom stereocenters. The summed E-state index contributed by atoms with van der Waals surface area (Å²) in [6.45, 7) is 2.94. The van der Waals surface area contributed by atoms with Gasteiger partial charge in [0.1, 0.15) is 0 Å². The van der Waals surface area contributed by atoms with Crippen LogP contribution in [0.25, 0.3) is 0 Å². The topological polar surface area (TPSA) is 63.4 Å². The van der Waals surface area contributed by atoms with Gasteiger partial charge in [0.25, 0.3) is 0 Å². The molecule has 0 saturated heterocycles. The van der Waals surface area contributed by atoms with Gasteiger partial charge in [0, 0.05) is 19.1 Å². The van der Waals surface area contributed by atoms with Gasteiger partial charge in [0.05, 0.1) is 4.90 Å². The Morgan fingerprint density at radius 1 is 1.32 bits per heavy atom. The highest BCUT2D eigenvalue weighted by molar-refractivity contribution is 7.89. The Morgan fingerprint density at radius 3 is 2.58 bits per heavy atom. The second-order valence-corrected chi connectivity index (χ2v) is 6.87. The third-order valence-electron chi connectivity index (χ3n) is 3.47. The fourth-order valence-electron chi connectivity index (χ4n) is 2.23. The zero-order chi connectivity index (χ0) is 13.9. The van der Waals surface area contributed by atoms with Crippen LogP contribution in [0.4, 0.5) is 0 Å². The maximum atomic E-state index is 12.8. The number of hydrogen-bond acceptors (Lipinski definition) is 3. The predicted octanol–water partition coefficient (Wildman–Crippen LogP) is 2.10. The molecule has 0 spiro atoms. The van der Waals surface area contributed by atoms with Gasteiger partial charge in [-0.05, 0) is 30.9 Å². The Kier molecular flexibility index (Phi) is 4.60. The number of nitrogens with zero attached hydrogens (tertiary/aromatic N) is 1. The average Bonchev–Trinajstić information content (AvgIpc) is 3.23. The standard InChI is InChI=1S/C14H22N2O2S/c1-2-3-10-16(13-8-9-13)19(17,18)14-7-5-4-6-12(14)11-15/h4-7,13H,2-3,8-11,15H2,1H3. The number of rotatable bonds is 7. The lowest BCUT2D eigenvalue weighted by atomic mass is 10.2. The lowest BCUT2D eigenvalue weighted by molar-refractivity contribution is 0.395. The molecule has 106 valence electrons. The largest absolute Gasteiger partial charge is 0.326 e. The van der Waals surface area contributed by atoms with Crippen molar-refractivity contribution >= 4 is 10.0 Å². The van der Waals surface area contributed by atoms with Gasteiger partial charge in [0.2, 0.25) is 10.0 Å². The summed E-state index contributed by atoms with van der Waals surface area (Å²) in [5, 5.41) is 0. The predicted molar refractivity (Wildman–Crippen MR) is 76.2 cm³/mol. The van der Waals surface area contributed by atoms with Crippen molar-refractivity contribution in [1.82, 2.24) is 4.31 Å². The number of hydrogen-bond donors (Lipinski definition) is 1. The van der Waals surface area contributed by atoms with Crippen molar-refractivity contribution in [1.29, 1.82) is 0 Å². The lowest BCUT2D eigenvalue weighted by Gasteiger charge is -2.23. The maximum absolute atomic E-state index is 12.8. The quantitative estimate of drug-likeness (QED) is 0.833. The molecule has 4 nitrogen and oxygen atoms in total. The van der Waals surface area contributed by atoms with Crippen LogP contribution in [-0.4, -0.2) is 25.3 Å². The summed E-state index contributed by atoms with van der Waals surface area (Å²) in [4.78, 5) is 0.375. The Hall–Kier alpha value is -0.910. The first kappa shape index (κ1) is 14.5. The van der Waals surface area contributed by atoms with Gasteiger partial charge in [0.15, 0.2) is 0 Å². The molecule has 0 radical (unpaired) electrons. The smallest absolute Gasteiger partial charge is 0.243 e. The minimum atomic E-state index is -3.40. The van der Waals surface area contributed by atoms with Crippen molar-refractivity contribution in [2.45, 2.75) is 50.1 Å². The summed E-state index contributed by atoms with van der Waals surface area (Å²) >= 11 is 0. The molecule has 2 rings (SSSR count). The Morgan fingerprint density at radius 2 is 2.00 bits per heavy atom. The van der Waals surface area contributed by atoms with Crippen LogP contribution in [0.1, 0.15) is 38.2 Å². The first-order chi connectivity index (χ1) is 9.11. The SMILES string of the molecule is CCCCN(C1CC1)S(=O)(=O)c1ccccc1CN. The molecule has 0 amide bonds. The van der Waals surface area contributed by atoms with Crippen LogP contribution in [-0.2, 0) is 16.6 Å². The molecule has 0 bridgehead atoms. The second-order valence-electron chi connectivity index (χ2n) is 5.01. The van der Waals surface area contributed by atoms with E-state index in [0.29, 0.717) is 17.0 Å². The highest BCUT2D eigenvalue weighted by Crippen LogP contribution is 2.33. The van der Waals surface area contributed by atoms with E-state index in [0.717, 1.165) is 25.7 Å². The van der Waals surface area contributed by atoms with Crippen molar-refractivity contribution < 1.29 is 8.42 Å². The Labute approximate surface area is 115 Å². The minimum absolute atomic E-state index is 0.197. The third kappa shape index (κ3) is 3.16. The van der Waals surface area contributed by atoms with E-state index in [-0.39, 0.29) is 12.6 Å². The third-order valence-corrected chi connectivity index (χ3v) is 5.52. The van der Waals surface area contributed by atoms with E-state index < -0.39 is 10.0 Å². The Bertz CT molecular complexity index is 524. The van der Waals surface area contributed by atoms with Gasteiger partial charge in [-0.15, -0.1) is 0 Å². The van der Waals surface area contributed by atoms with Crippen LogP contribution in [0, 0.1) is 0 Å². The molecule has 0 aliphatic heterocycles. The van der Waals surface area contributed by atoms with E-state index in [2.05, 4.69) is 6.92 Å². The van der Waals surface area contributed by atoms with Gasteiger partial charge in [-0.3, -0.25) is 0 Å². The molecule has 19 heavy (non-hydrogen) atoms. The first-order valence-electron chi connectivity index (χ1n) is 6.91. The number of sulfonamides is 1. The highest BCUT2D eigenvalue weighted by atomic mass is 32.2. The molecule has 1 fully saturated rings. The van der Waals surface area contributed by atoms with Gasteiger partial charge >= 0.3 is 0 Å². The molecular formula is C14H22N2O2S. The molecule has 0 atom stereocenters. The van der Waals surface area contributed by atoms with E-state index in [1.807, 2.05) is 6.07 Å². The number of benzene rings is 1. The summed E-state index contributed by atoms with van der Waals surface area (Å²) in [5.74, 6) is 0. The van der Waals surface area contributed by atoms with E-state index in [1.54, 1.807) is 22.5 Å². The Balaban J connectivity index is 2.33. The summed E-state index contributed by atoms with van der Waals surface area (Å²) in [7, 11) is -3.40.